The molecule has 6 nitrogen and oxygen atoms in total. The summed E-state index contributed by atoms with van der Waals surface area (Å²) in [6.45, 7) is 2.47. The van der Waals surface area contributed by atoms with Gasteiger partial charge in [-0.15, -0.1) is 0 Å². The van der Waals surface area contributed by atoms with E-state index in [4.69, 9.17) is 14.7 Å². The third-order valence-corrected chi connectivity index (χ3v) is 6.11. The zero-order chi connectivity index (χ0) is 23.9. The van der Waals surface area contributed by atoms with Crippen LogP contribution < -0.4 is 20.8 Å². The fourth-order valence-corrected chi connectivity index (χ4v) is 4.55. The van der Waals surface area contributed by atoms with Crippen molar-refractivity contribution in [1.82, 2.24) is 0 Å². The summed E-state index contributed by atoms with van der Waals surface area (Å²) in [5.41, 5.74) is 2.14. The average molecular weight is 460 g/mol. The molecule has 0 saturated carbocycles. The third kappa shape index (κ3) is 3.47. The molecule has 170 valence electrons. The summed E-state index contributed by atoms with van der Waals surface area (Å²) in [7, 11) is 0. The van der Waals surface area contributed by atoms with Crippen LogP contribution in [0.2, 0.25) is 0 Å². The van der Waals surface area contributed by atoms with Crippen LogP contribution in [0.5, 0.6) is 11.5 Å². The molecule has 0 radical (unpaired) electrons. The zero-order valence-corrected chi connectivity index (χ0v) is 18.9. The fraction of sp³-hybridized carbons (Fsp3) is 0.0690. The van der Waals surface area contributed by atoms with Gasteiger partial charge in [0.2, 0.25) is 0 Å². The summed E-state index contributed by atoms with van der Waals surface area (Å²) in [6, 6.07) is 26.2. The molecule has 1 amide bonds. The number of phenolic OH excluding ortho intramolecular Hbond substituents is 1. The SMILES string of the molecule is CCOc1ccc(NC(=O)c2c(O)c3ccccc3c3c2=Nc2cccc4cccc(c24)N=3)cc1. The Morgan fingerprint density at radius 2 is 1.49 bits per heavy atom. The van der Waals surface area contributed by atoms with E-state index in [1.807, 2.05) is 61.5 Å². The Kier molecular flexibility index (Phi) is 4.92. The molecule has 0 aliphatic carbocycles. The molecule has 0 unspecified atom stereocenters. The molecule has 0 aromatic heterocycles. The minimum atomic E-state index is -0.467. The molecular weight excluding hydrogens is 438 g/mol. The largest absolute Gasteiger partial charge is 0.506 e. The molecule has 6 rings (SSSR count). The van der Waals surface area contributed by atoms with E-state index in [-0.39, 0.29) is 11.3 Å². The van der Waals surface area contributed by atoms with Crippen LogP contribution >= 0.6 is 0 Å². The lowest BCUT2D eigenvalue weighted by molar-refractivity contribution is 0.102. The van der Waals surface area contributed by atoms with Gasteiger partial charge in [0.1, 0.15) is 22.4 Å². The highest BCUT2D eigenvalue weighted by Gasteiger charge is 2.22. The van der Waals surface area contributed by atoms with Gasteiger partial charge in [0.05, 0.1) is 23.3 Å². The van der Waals surface area contributed by atoms with Crippen molar-refractivity contribution in [1.29, 1.82) is 0 Å². The summed E-state index contributed by atoms with van der Waals surface area (Å²) in [5, 5.41) is 18.3. The van der Waals surface area contributed by atoms with Crippen LogP contribution in [0, 0.1) is 0 Å². The number of nitrogens with one attached hydrogen (secondary N) is 1. The number of hydrogen-bond acceptors (Lipinski definition) is 5. The second-order valence-electron chi connectivity index (χ2n) is 8.25. The van der Waals surface area contributed by atoms with Gasteiger partial charge in [0.15, 0.2) is 0 Å². The normalized spacial score (nSPS) is 11.8. The minimum Gasteiger partial charge on any atom is -0.506 e. The van der Waals surface area contributed by atoms with Gasteiger partial charge >= 0.3 is 0 Å². The molecule has 35 heavy (non-hydrogen) atoms. The number of carbonyl (C=O) groups is 1. The number of aromatic hydroxyl groups is 1. The van der Waals surface area contributed by atoms with E-state index in [1.165, 1.54) is 0 Å². The van der Waals surface area contributed by atoms with E-state index in [0.29, 0.717) is 39.8 Å². The highest BCUT2D eigenvalue weighted by atomic mass is 16.5. The molecular formula is C29H21N3O3. The molecule has 0 saturated heterocycles. The van der Waals surface area contributed by atoms with Crippen molar-refractivity contribution in [3.8, 4) is 11.5 Å². The van der Waals surface area contributed by atoms with Crippen molar-refractivity contribution in [2.75, 3.05) is 11.9 Å². The predicted molar refractivity (Wildman–Crippen MR) is 137 cm³/mol. The van der Waals surface area contributed by atoms with Crippen molar-refractivity contribution in [2.45, 2.75) is 6.92 Å². The smallest absolute Gasteiger partial charge is 0.261 e. The molecule has 1 aliphatic heterocycles. The average Bonchev–Trinajstić information content (AvgIpc) is 3.04. The van der Waals surface area contributed by atoms with Gasteiger partial charge < -0.3 is 15.2 Å². The van der Waals surface area contributed by atoms with Gasteiger partial charge in [-0.2, -0.15) is 0 Å². The van der Waals surface area contributed by atoms with Crippen molar-refractivity contribution < 1.29 is 14.6 Å². The van der Waals surface area contributed by atoms with Crippen LogP contribution in [-0.4, -0.2) is 17.6 Å². The topological polar surface area (TPSA) is 83.3 Å². The van der Waals surface area contributed by atoms with Crippen LogP contribution in [0.4, 0.5) is 17.1 Å². The first kappa shape index (κ1) is 20.9. The Hall–Kier alpha value is -4.71. The third-order valence-electron chi connectivity index (χ3n) is 6.11. The minimum absolute atomic E-state index is 0.0844. The molecule has 1 aliphatic rings. The summed E-state index contributed by atoms with van der Waals surface area (Å²) >= 11 is 0. The number of phenols is 1. The Labute approximate surface area is 200 Å². The van der Waals surface area contributed by atoms with Gasteiger partial charge in [-0.05, 0) is 48.7 Å². The summed E-state index contributed by atoms with van der Waals surface area (Å²) in [6.07, 6.45) is 0. The van der Waals surface area contributed by atoms with E-state index in [1.54, 1.807) is 30.3 Å². The number of amides is 1. The number of hydrogen-bond donors (Lipinski definition) is 2. The van der Waals surface area contributed by atoms with E-state index >= 15 is 0 Å². The lowest BCUT2D eigenvalue weighted by atomic mass is 10.0. The van der Waals surface area contributed by atoms with E-state index in [2.05, 4.69) is 5.32 Å². The highest BCUT2D eigenvalue weighted by molar-refractivity contribution is 6.10. The molecule has 5 aromatic rings. The number of carbonyl (C=O) groups excluding carboxylic acids is 1. The van der Waals surface area contributed by atoms with E-state index < -0.39 is 5.91 Å². The maximum atomic E-state index is 13.6. The van der Waals surface area contributed by atoms with E-state index in [9.17, 15) is 9.90 Å². The molecule has 0 spiro atoms. The van der Waals surface area contributed by atoms with Crippen LogP contribution in [0.15, 0.2) is 94.9 Å². The number of nitrogens with zero attached hydrogens (tertiary/aromatic N) is 2. The number of anilines is 1. The van der Waals surface area contributed by atoms with Crippen LogP contribution in [-0.2, 0) is 0 Å². The first-order valence-corrected chi connectivity index (χ1v) is 11.4. The Morgan fingerprint density at radius 3 is 2.17 bits per heavy atom. The first-order valence-electron chi connectivity index (χ1n) is 11.4. The van der Waals surface area contributed by atoms with Gasteiger partial charge in [-0.3, -0.25) is 4.79 Å². The Balaban J connectivity index is 1.61. The number of benzene rings is 5. The number of fused-ring (bicyclic) bond motifs is 3. The maximum Gasteiger partial charge on any atom is 0.261 e. The van der Waals surface area contributed by atoms with Crippen molar-refractivity contribution in [3.63, 3.8) is 0 Å². The molecule has 6 heteroatoms. The van der Waals surface area contributed by atoms with Gasteiger partial charge in [0, 0.05) is 21.8 Å². The monoisotopic (exact) mass is 459 g/mol. The second-order valence-corrected chi connectivity index (χ2v) is 8.25. The fourth-order valence-electron chi connectivity index (χ4n) is 4.55. The van der Waals surface area contributed by atoms with E-state index in [0.717, 1.165) is 21.8 Å². The lowest BCUT2D eigenvalue weighted by Gasteiger charge is -2.11. The maximum absolute atomic E-state index is 13.6. The summed E-state index contributed by atoms with van der Waals surface area (Å²) < 4.78 is 5.48. The predicted octanol–water partition coefficient (Wildman–Crippen LogP) is 5.57. The Bertz CT molecular complexity index is 1750. The molecule has 0 atom stereocenters. The number of rotatable bonds is 4. The molecule has 0 fully saturated rings. The van der Waals surface area contributed by atoms with Crippen molar-refractivity contribution in [2.24, 2.45) is 9.98 Å². The standard InChI is InChI=1S/C29H21N3O3/c1-2-35-19-15-13-18(14-16-19)30-29(34)25-27-26(20-9-3-4-10-21(20)28(25)33)31-22-11-5-7-17-8-6-12-23(32-27)24(17)22/h3-16,33H,2H2,1H3,(H,30,34). The van der Waals surface area contributed by atoms with Gasteiger partial charge in [0.25, 0.3) is 5.91 Å². The highest BCUT2D eigenvalue weighted by Crippen LogP contribution is 2.35. The zero-order valence-electron chi connectivity index (χ0n) is 18.9. The van der Waals surface area contributed by atoms with Gasteiger partial charge in [-0.25, -0.2) is 9.98 Å². The molecule has 0 bridgehead atoms. The number of ether oxygens (including phenoxy) is 1. The molecule has 5 aromatic carbocycles. The molecule has 1 heterocycles. The Morgan fingerprint density at radius 1 is 0.829 bits per heavy atom. The van der Waals surface area contributed by atoms with Crippen molar-refractivity contribution >= 4 is 44.5 Å². The lowest BCUT2D eigenvalue weighted by Crippen LogP contribution is -2.34. The van der Waals surface area contributed by atoms with Crippen LogP contribution in [0.3, 0.4) is 0 Å². The summed E-state index contributed by atoms with van der Waals surface area (Å²) in [5.74, 6) is 0.123. The summed E-state index contributed by atoms with van der Waals surface area (Å²) in [4.78, 5) is 23.5. The second kappa shape index (κ2) is 8.25. The van der Waals surface area contributed by atoms with Gasteiger partial charge in [-0.1, -0.05) is 48.5 Å². The van der Waals surface area contributed by atoms with Crippen molar-refractivity contribution in [3.05, 3.63) is 101 Å². The van der Waals surface area contributed by atoms with Crippen LogP contribution in [0.1, 0.15) is 17.3 Å². The van der Waals surface area contributed by atoms with Crippen LogP contribution in [0.25, 0.3) is 21.5 Å². The quantitative estimate of drug-likeness (QED) is 0.362. The first-order chi connectivity index (χ1) is 17.1. The molecule has 2 N–H and O–H groups in total.